The molecule has 8 aromatic rings. The molecule has 8 heterocycles. The summed E-state index contributed by atoms with van der Waals surface area (Å²) in [6.45, 7) is 3.10. The zero-order valence-corrected chi connectivity index (χ0v) is 38.4. The maximum absolute atomic E-state index is 12.7. The topological polar surface area (TPSA) is 206 Å². The second-order valence-electron chi connectivity index (χ2n) is 12.8. The summed E-state index contributed by atoms with van der Waals surface area (Å²) in [6.07, 6.45) is 10.2. The van der Waals surface area contributed by atoms with Gasteiger partial charge < -0.3 is 29.8 Å². The number of carbonyl (C=O) groups is 3. The van der Waals surface area contributed by atoms with Gasteiger partial charge in [0, 0.05) is 46.2 Å². The minimum Gasteiger partial charge on any atom is -0.753 e. The summed E-state index contributed by atoms with van der Waals surface area (Å²) in [5, 5.41) is 15.6. The Morgan fingerprint density at radius 2 is 1.34 bits per heavy atom. The van der Waals surface area contributed by atoms with E-state index < -0.39 is 11.9 Å². The molecule has 15 nitrogen and oxygen atoms in total. The van der Waals surface area contributed by atoms with Gasteiger partial charge in [0.25, 0.3) is 29.8 Å². The van der Waals surface area contributed by atoms with E-state index in [0.29, 0.717) is 68.3 Å². The number of thiophene rings is 1. The quantitative estimate of drug-likeness (QED) is 0.0290. The molecule has 65 heavy (non-hydrogen) atoms. The van der Waals surface area contributed by atoms with Crippen molar-refractivity contribution in [3.8, 4) is 50.3 Å². The molecule has 0 saturated heterocycles. The van der Waals surface area contributed by atoms with E-state index in [9.17, 15) is 27.6 Å². The van der Waals surface area contributed by atoms with E-state index in [1.165, 1.54) is 35.7 Å². The summed E-state index contributed by atoms with van der Waals surface area (Å²) >= 11 is 7.72. The van der Waals surface area contributed by atoms with E-state index in [1.54, 1.807) is 66.3 Å². The van der Waals surface area contributed by atoms with Gasteiger partial charge in [-0.1, -0.05) is 72.8 Å². The van der Waals surface area contributed by atoms with Gasteiger partial charge in [0.2, 0.25) is 0 Å². The summed E-state index contributed by atoms with van der Waals surface area (Å²) in [4.78, 5) is 61.1. The summed E-state index contributed by atoms with van der Waals surface area (Å²) in [5.74, 6) is 0.213. The number of ether oxygens (including phenoxy) is 3. The van der Waals surface area contributed by atoms with Crippen LogP contribution in [0.2, 0.25) is 0 Å². The molecule has 0 saturated carbocycles. The van der Waals surface area contributed by atoms with Crippen LogP contribution in [0.3, 0.4) is 0 Å². The molecule has 0 radical (unpaired) electrons. The number of isothiocyanates is 1. The molecule has 23 heteroatoms. The van der Waals surface area contributed by atoms with Gasteiger partial charge >= 0.3 is 25.7 Å². The standard InChI is InChI=1S/C21H21F3N3S.C20H9N5O6S2.CNS.Ru/c1-2-3-4-5-6-16-9-10-17(28-16)8-7-15-11-12-25-18(13-15)19-14-20(27-26-19)21(22,23)24;26-7-29-10-5-13(15-17-11(1-3-21-15)24-19(32-17)30-8-27)23-14(6-10)16-18-12(2-4-22-16)25-20(33-18)31-9-28;2-1-3;/h7-14H,2-6H2,1H3;1-9H;;/q-1;;-1;+2/b8-7+;;;. The van der Waals surface area contributed by atoms with E-state index >= 15 is 0 Å². The number of thiazole rings is 2. The Morgan fingerprint density at radius 1 is 0.738 bits per heavy atom. The van der Waals surface area contributed by atoms with Gasteiger partial charge in [-0.05, 0) is 66.9 Å². The summed E-state index contributed by atoms with van der Waals surface area (Å²) in [7, 11) is 0. The van der Waals surface area contributed by atoms with Gasteiger partial charge in [-0.3, -0.25) is 29.3 Å². The molecule has 0 aliphatic heterocycles. The number of unbranched alkanes of at least 4 members (excludes halogenated alkanes) is 3. The zero-order chi connectivity index (χ0) is 45.5. The smallest absolute Gasteiger partial charge is 0.753 e. The zero-order valence-electron chi connectivity index (χ0n) is 33.4. The third kappa shape index (κ3) is 13.4. The van der Waals surface area contributed by atoms with Gasteiger partial charge in [0.1, 0.15) is 22.8 Å². The molecular weight excluding hydrogens is 1010 g/mol. The number of pyridine rings is 4. The van der Waals surface area contributed by atoms with Gasteiger partial charge in [-0.2, -0.15) is 18.3 Å². The molecule has 8 aromatic heterocycles. The van der Waals surface area contributed by atoms with Crippen molar-refractivity contribution in [3.05, 3.63) is 99.6 Å². The maximum Gasteiger partial charge on any atom is 2.00 e. The van der Waals surface area contributed by atoms with Gasteiger partial charge in [0.05, 0.1) is 31.8 Å². The van der Waals surface area contributed by atoms with Crippen molar-refractivity contribution in [1.82, 2.24) is 40.1 Å². The Hall–Kier alpha value is -6.35. The van der Waals surface area contributed by atoms with Crippen molar-refractivity contribution in [2.75, 3.05) is 0 Å². The van der Waals surface area contributed by atoms with E-state index in [4.69, 9.17) is 19.6 Å². The Labute approximate surface area is 397 Å². The largest absolute Gasteiger partial charge is 2.00 e. The average molecular weight is 1040 g/mol. The number of halogens is 3. The van der Waals surface area contributed by atoms with E-state index in [0.717, 1.165) is 45.6 Å². The van der Waals surface area contributed by atoms with Crippen molar-refractivity contribution in [3.63, 3.8) is 0 Å². The van der Waals surface area contributed by atoms with E-state index in [-0.39, 0.29) is 41.3 Å². The number of carbonyl (C=O) groups excluding carboxylic acids is 3. The second-order valence-corrected chi connectivity index (χ2v) is 16.1. The van der Waals surface area contributed by atoms with Crippen LogP contribution in [0.15, 0.2) is 73.2 Å². The average Bonchev–Trinajstić information content (AvgIpc) is 4.12. The Kier molecular flexibility index (Phi) is 18.4. The number of aryl methyl sites for hydroxylation is 1. The number of fused-ring (bicyclic) bond motifs is 2. The number of alkyl halides is 3. The van der Waals surface area contributed by atoms with Gasteiger partial charge in [0.15, 0.2) is 0 Å². The molecule has 332 valence electrons. The first-order valence-electron chi connectivity index (χ1n) is 18.7. The molecule has 0 amide bonds. The first-order chi connectivity index (χ1) is 31.1. The number of hydrogen-bond donors (Lipinski definition) is 0. The third-order valence-electron chi connectivity index (χ3n) is 8.61. The maximum atomic E-state index is 12.7. The van der Waals surface area contributed by atoms with Crippen LogP contribution in [0.5, 0.6) is 16.1 Å². The van der Waals surface area contributed by atoms with Crippen LogP contribution in [0, 0.1) is 0 Å². The van der Waals surface area contributed by atoms with Crippen molar-refractivity contribution in [1.29, 1.82) is 0 Å². The van der Waals surface area contributed by atoms with Crippen molar-refractivity contribution in [2.45, 2.75) is 45.2 Å². The third-order valence-corrected chi connectivity index (χ3v) is 11.7. The first kappa shape index (κ1) is 49.7. The molecule has 0 aliphatic carbocycles. The van der Waals surface area contributed by atoms with Crippen LogP contribution in [0.4, 0.5) is 13.2 Å². The molecule has 0 bridgehead atoms. The fourth-order valence-electron chi connectivity index (χ4n) is 5.86. The van der Waals surface area contributed by atoms with Crippen molar-refractivity contribution in [2.24, 2.45) is 0 Å². The molecule has 0 unspecified atom stereocenters. The van der Waals surface area contributed by atoms with Crippen molar-refractivity contribution < 1.29 is 61.2 Å². The van der Waals surface area contributed by atoms with Crippen LogP contribution in [-0.4, -0.2) is 59.6 Å². The number of nitrogens with zero attached hydrogens (tertiary/aromatic N) is 9. The molecule has 8 rings (SSSR count). The Balaban J connectivity index is 0.000000230. The van der Waals surface area contributed by atoms with Crippen LogP contribution in [0.1, 0.15) is 53.6 Å². The predicted octanol–water partition coefficient (Wildman–Crippen LogP) is 10.2. The van der Waals surface area contributed by atoms with Crippen LogP contribution >= 0.6 is 46.2 Å². The monoisotopic (exact) mass is 1040 g/mol. The van der Waals surface area contributed by atoms with Crippen LogP contribution in [0.25, 0.3) is 72.2 Å². The first-order valence-corrected chi connectivity index (χ1v) is 21.6. The number of thiocarbonyl (C=S) groups is 1. The molecule has 0 aliphatic rings. The normalized spacial score (nSPS) is 10.8. The molecule has 0 fully saturated rings. The van der Waals surface area contributed by atoms with E-state index in [2.05, 4.69) is 71.4 Å². The van der Waals surface area contributed by atoms with Gasteiger partial charge in [-0.25, -0.2) is 15.0 Å². The number of rotatable bonds is 16. The summed E-state index contributed by atoms with van der Waals surface area (Å²) < 4.78 is 54.1. The fourth-order valence-corrected chi connectivity index (χ4v) is 8.58. The summed E-state index contributed by atoms with van der Waals surface area (Å²) in [5.41, 5.74) is 3.11. The van der Waals surface area contributed by atoms with Crippen LogP contribution < -0.4 is 19.3 Å². The van der Waals surface area contributed by atoms with Crippen LogP contribution in [-0.2, 0) is 46.5 Å². The fraction of sp³-hybridized carbons (Fsp3) is 0.167. The molecule has 0 atom stereocenters. The number of hydrogen-bond acceptors (Lipinski definition) is 17. The van der Waals surface area contributed by atoms with E-state index in [1.807, 2.05) is 12.2 Å². The predicted molar refractivity (Wildman–Crippen MR) is 240 cm³/mol. The van der Waals surface area contributed by atoms with Gasteiger partial charge in [-0.15, -0.1) is 11.3 Å². The Morgan fingerprint density at radius 3 is 1.89 bits per heavy atom. The SMILES string of the molecule is CCCCCCc1ccc(/C=C/c2ccnc(-c3cc(C(F)(F)F)n[n-]3)c2)s1.O=COc1cc(-c2nccc3nc(OC=O)sc23)nc(-c2nccc3nc(OC=O)sc23)c1.[N-]=C=S.[Ru+2]. The van der Waals surface area contributed by atoms with Crippen molar-refractivity contribution >= 4 is 103 Å². The molecular formula is C42H30F3N9O6RuS4. The summed E-state index contributed by atoms with van der Waals surface area (Å²) in [6, 6.07) is 15.1. The molecule has 0 aromatic carbocycles. The Bertz CT molecular complexity index is 2840. The molecule has 0 spiro atoms. The minimum atomic E-state index is -4.50. The second kappa shape index (κ2) is 24.1. The number of aromatic nitrogens is 8. The molecule has 0 N–H and O–H groups in total. The minimum absolute atomic E-state index is 0.